The second-order valence-electron chi connectivity index (χ2n) is 18.7. The van der Waals surface area contributed by atoms with Crippen molar-refractivity contribution in [2.45, 2.75) is 175 Å². The Balaban J connectivity index is 1.32. The van der Waals surface area contributed by atoms with Crippen LogP contribution in [0.2, 0.25) is 0 Å². The fourth-order valence-corrected chi connectivity index (χ4v) is 10.2. The molecule has 0 aliphatic carbocycles. The average molecular weight is 917 g/mol. The maximum absolute atomic E-state index is 7.15. The summed E-state index contributed by atoms with van der Waals surface area (Å²) in [7, 11) is -2.00. The molecule has 0 radical (unpaired) electrons. The number of rotatable bonds is 33. The van der Waals surface area contributed by atoms with Crippen LogP contribution in [0.3, 0.4) is 0 Å². The first-order valence-electron chi connectivity index (χ1n) is 26.5. The van der Waals surface area contributed by atoms with E-state index in [9.17, 15) is 0 Å². The van der Waals surface area contributed by atoms with Crippen LogP contribution >= 0.6 is 8.60 Å². The molecule has 0 bridgehead atoms. The lowest BCUT2D eigenvalue weighted by molar-refractivity contribution is 0.389. The van der Waals surface area contributed by atoms with Crippen LogP contribution in [0.15, 0.2) is 146 Å². The first-order valence-corrected chi connectivity index (χ1v) is 27.6. The lowest BCUT2D eigenvalue weighted by Gasteiger charge is -2.23. The predicted octanol–water partition coefficient (Wildman–Crippen LogP) is 20.3. The topological polar surface area (TPSA) is 27.7 Å². The molecular weight excluding hydrogens is 836 g/mol. The van der Waals surface area contributed by atoms with Gasteiger partial charge in [-0.1, -0.05) is 246 Å². The SMILES string of the molecule is CCCCCCCCCc1ccc(OP(Oc2ccc(CCCCCCCCC)cc2-c2ccccc2)Oc2ccc(CCCCCCCCC)cc2-c2ccccc2)c(-c2ccccc2)c1. The molecule has 0 saturated carbocycles. The summed E-state index contributed by atoms with van der Waals surface area (Å²) < 4.78 is 21.4. The van der Waals surface area contributed by atoms with Crippen molar-refractivity contribution in [1.29, 1.82) is 0 Å². The van der Waals surface area contributed by atoms with Gasteiger partial charge in [0.05, 0.1) is 0 Å². The van der Waals surface area contributed by atoms with E-state index in [-0.39, 0.29) is 0 Å². The molecule has 356 valence electrons. The minimum Gasteiger partial charge on any atom is -0.408 e. The van der Waals surface area contributed by atoms with Crippen molar-refractivity contribution in [2.75, 3.05) is 0 Å². The highest BCUT2D eigenvalue weighted by Gasteiger charge is 2.26. The van der Waals surface area contributed by atoms with Crippen molar-refractivity contribution in [3.63, 3.8) is 0 Å². The van der Waals surface area contributed by atoms with Gasteiger partial charge in [0.1, 0.15) is 17.2 Å². The molecule has 0 N–H and O–H groups in total. The fraction of sp³-hybridized carbons (Fsp3) is 0.429. The van der Waals surface area contributed by atoms with Crippen LogP contribution < -0.4 is 13.6 Å². The number of hydrogen-bond donors (Lipinski definition) is 0. The van der Waals surface area contributed by atoms with E-state index < -0.39 is 8.60 Å². The molecule has 0 atom stereocenters. The molecule has 6 rings (SSSR count). The molecule has 0 aromatic heterocycles. The van der Waals surface area contributed by atoms with Crippen LogP contribution in [0.1, 0.15) is 172 Å². The molecule has 0 amide bonds. The largest absolute Gasteiger partial charge is 0.530 e. The molecule has 4 heteroatoms. The van der Waals surface area contributed by atoms with Gasteiger partial charge in [-0.15, -0.1) is 0 Å². The number of aryl methyl sites for hydroxylation is 3. The molecule has 3 nitrogen and oxygen atoms in total. The Morgan fingerprint density at radius 3 is 0.806 bits per heavy atom. The van der Waals surface area contributed by atoms with Gasteiger partial charge in [-0.05, 0) is 108 Å². The van der Waals surface area contributed by atoms with Gasteiger partial charge >= 0.3 is 8.60 Å². The van der Waals surface area contributed by atoms with Crippen LogP contribution in [0.4, 0.5) is 0 Å². The molecule has 6 aromatic carbocycles. The molecule has 0 fully saturated rings. The quantitative estimate of drug-likeness (QED) is 0.0304. The third-order valence-corrected chi connectivity index (χ3v) is 14.1. The summed E-state index contributed by atoms with van der Waals surface area (Å²) >= 11 is 0. The zero-order valence-electron chi connectivity index (χ0n) is 41.5. The van der Waals surface area contributed by atoms with Crippen LogP contribution in [0.25, 0.3) is 33.4 Å². The summed E-state index contributed by atoms with van der Waals surface area (Å²) in [5.41, 5.74) is 10.5. The number of hydrogen-bond acceptors (Lipinski definition) is 3. The van der Waals surface area contributed by atoms with Crippen molar-refractivity contribution >= 4 is 8.60 Å². The molecule has 0 aliphatic heterocycles. The number of unbranched alkanes of at least 4 members (excludes halogenated alkanes) is 18. The molecule has 67 heavy (non-hydrogen) atoms. The molecular formula is C63H81O3P. The van der Waals surface area contributed by atoms with Crippen LogP contribution in [-0.2, 0) is 19.3 Å². The summed E-state index contributed by atoms with van der Waals surface area (Å²) in [4.78, 5) is 0. The zero-order valence-corrected chi connectivity index (χ0v) is 42.4. The molecule has 6 aromatic rings. The minimum atomic E-state index is -2.00. The molecule has 0 saturated heterocycles. The van der Waals surface area contributed by atoms with Crippen molar-refractivity contribution < 1.29 is 13.6 Å². The highest BCUT2D eigenvalue weighted by molar-refractivity contribution is 7.43. The molecule has 0 heterocycles. The Bertz CT molecular complexity index is 1980. The Morgan fingerprint density at radius 2 is 0.537 bits per heavy atom. The van der Waals surface area contributed by atoms with Gasteiger partial charge < -0.3 is 13.6 Å². The van der Waals surface area contributed by atoms with E-state index in [1.165, 1.54) is 152 Å². The van der Waals surface area contributed by atoms with Gasteiger partial charge in [-0.25, -0.2) is 0 Å². The van der Waals surface area contributed by atoms with E-state index in [2.05, 4.69) is 166 Å². The van der Waals surface area contributed by atoms with Crippen molar-refractivity contribution in [3.05, 3.63) is 162 Å². The highest BCUT2D eigenvalue weighted by atomic mass is 31.2. The van der Waals surface area contributed by atoms with Crippen molar-refractivity contribution in [3.8, 4) is 50.6 Å². The van der Waals surface area contributed by atoms with E-state index in [0.717, 1.165) is 69.9 Å². The highest BCUT2D eigenvalue weighted by Crippen LogP contribution is 2.49. The smallest absolute Gasteiger partial charge is 0.408 e. The van der Waals surface area contributed by atoms with E-state index >= 15 is 0 Å². The average Bonchev–Trinajstić information content (AvgIpc) is 3.37. The Morgan fingerprint density at radius 1 is 0.284 bits per heavy atom. The molecule has 0 unspecified atom stereocenters. The third-order valence-electron chi connectivity index (χ3n) is 13.1. The standard InChI is InChI=1S/C63H81O3P/c1-4-7-10-13-16-19-25-34-52-43-46-61(58(49-52)55-37-28-22-29-38-55)64-67(65-62-47-44-53(35-26-20-17-14-11-8-5-2)50-59(62)56-39-30-23-31-40-56)66-63-48-45-54(36-27-21-18-15-12-9-6-3)51-60(63)57-41-32-24-33-42-57/h22-24,28-33,37-51H,4-21,25-27,34-36H2,1-3H3. The Hall–Kier alpha value is -4.85. The monoisotopic (exact) mass is 917 g/mol. The maximum atomic E-state index is 7.15. The van der Waals surface area contributed by atoms with Crippen LogP contribution in [0.5, 0.6) is 17.2 Å². The maximum Gasteiger partial charge on any atom is 0.530 e. The minimum absolute atomic E-state index is 0.759. The Kier molecular flexibility index (Phi) is 23.5. The van der Waals surface area contributed by atoms with E-state index in [1.54, 1.807) is 0 Å². The summed E-state index contributed by atoms with van der Waals surface area (Å²) in [6.45, 7) is 6.86. The summed E-state index contributed by atoms with van der Waals surface area (Å²) in [6, 6.07) is 52.1. The van der Waals surface area contributed by atoms with Gasteiger partial charge in [0, 0.05) is 16.7 Å². The lowest BCUT2D eigenvalue weighted by atomic mass is 9.98. The Labute approximate surface area is 408 Å². The first-order chi connectivity index (χ1) is 33.1. The first kappa shape index (κ1) is 51.5. The van der Waals surface area contributed by atoms with Crippen molar-refractivity contribution in [1.82, 2.24) is 0 Å². The lowest BCUT2D eigenvalue weighted by Crippen LogP contribution is -2.05. The van der Waals surface area contributed by atoms with Gasteiger partial charge in [-0.2, -0.15) is 0 Å². The van der Waals surface area contributed by atoms with Gasteiger partial charge in [0.25, 0.3) is 0 Å². The zero-order chi connectivity index (χ0) is 46.6. The van der Waals surface area contributed by atoms with Gasteiger partial charge in [0.2, 0.25) is 0 Å². The van der Waals surface area contributed by atoms with Crippen molar-refractivity contribution in [2.24, 2.45) is 0 Å². The number of benzene rings is 6. The fourth-order valence-electron chi connectivity index (χ4n) is 9.12. The summed E-state index contributed by atoms with van der Waals surface area (Å²) in [5, 5.41) is 0. The summed E-state index contributed by atoms with van der Waals surface area (Å²) in [5.74, 6) is 2.28. The second kappa shape index (κ2) is 30.5. The second-order valence-corrected chi connectivity index (χ2v) is 19.7. The van der Waals surface area contributed by atoms with Crippen LogP contribution in [-0.4, -0.2) is 0 Å². The van der Waals surface area contributed by atoms with Gasteiger partial charge in [0.15, 0.2) is 0 Å². The molecule has 0 aliphatic rings. The van der Waals surface area contributed by atoms with E-state index in [1.807, 2.05) is 0 Å². The van der Waals surface area contributed by atoms with Crippen LogP contribution in [0, 0.1) is 0 Å². The third kappa shape index (κ3) is 18.0. The summed E-state index contributed by atoms with van der Waals surface area (Å²) in [6.07, 6.45) is 30.4. The predicted molar refractivity (Wildman–Crippen MR) is 290 cm³/mol. The van der Waals surface area contributed by atoms with E-state index in [4.69, 9.17) is 13.6 Å². The molecule has 0 spiro atoms. The normalized spacial score (nSPS) is 11.3. The van der Waals surface area contributed by atoms with Gasteiger partial charge in [-0.3, -0.25) is 0 Å². The van der Waals surface area contributed by atoms with E-state index in [0.29, 0.717) is 0 Å².